The minimum absolute atomic E-state index is 0.132. The van der Waals surface area contributed by atoms with Crippen molar-refractivity contribution >= 4 is 0 Å². The molecule has 0 spiro atoms. The molecule has 6 rings (SSSR count). The third-order valence-electron chi connectivity index (χ3n) is 6.86. The Bertz CT molecular complexity index is 1350. The van der Waals surface area contributed by atoms with Crippen LogP contribution in [0.25, 0.3) is 22.3 Å². The molecule has 0 atom stereocenters. The standard InChI is InChI=1S/2C12H10O.2C5H5.Zr/c2*13-12-8-4-7-11(9-12)10-5-2-1-3-6-10;2*1-2-4-5-3-1;/h2*1-9,13H;2*1-5H;/q;;;;+2/p-2. The molecule has 0 unspecified atom stereocenters. The quantitative estimate of drug-likeness (QED) is 0.214. The molecule has 2 aliphatic rings. The van der Waals surface area contributed by atoms with E-state index in [1.807, 2.05) is 12.1 Å². The molecule has 2 aliphatic carbocycles. The molecule has 0 aliphatic heterocycles. The van der Waals surface area contributed by atoms with Crippen molar-refractivity contribution in [3.05, 3.63) is 158 Å². The van der Waals surface area contributed by atoms with E-state index in [-0.39, 0.29) is 7.25 Å². The van der Waals surface area contributed by atoms with Crippen molar-refractivity contribution in [3.63, 3.8) is 0 Å². The van der Waals surface area contributed by atoms with Crippen LogP contribution in [0.1, 0.15) is 0 Å². The summed E-state index contributed by atoms with van der Waals surface area (Å²) in [6.07, 6.45) is 17.5. The van der Waals surface area contributed by atoms with E-state index in [0.717, 1.165) is 22.6 Å². The summed E-state index contributed by atoms with van der Waals surface area (Å²) in [4.78, 5) is 0. The summed E-state index contributed by atoms with van der Waals surface area (Å²) in [7, 11) is 0. The molecule has 0 bridgehead atoms. The molecule has 0 amide bonds. The van der Waals surface area contributed by atoms with Gasteiger partial charge in [0.1, 0.15) is 0 Å². The van der Waals surface area contributed by atoms with Gasteiger partial charge in [-0.3, -0.25) is 0 Å². The summed E-state index contributed by atoms with van der Waals surface area (Å²) in [5.74, 6) is 1.72. The van der Waals surface area contributed by atoms with E-state index in [0.29, 0.717) is 0 Å². The third-order valence-corrected chi connectivity index (χ3v) is 16.0. The number of rotatable bonds is 8. The first-order valence-corrected chi connectivity index (χ1v) is 17.5. The average molecular weight is 560 g/mol. The zero-order chi connectivity index (χ0) is 24.9. The van der Waals surface area contributed by atoms with Gasteiger partial charge in [0.25, 0.3) is 0 Å². The van der Waals surface area contributed by atoms with Crippen molar-refractivity contribution in [1.82, 2.24) is 0 Å². The molecule has 0 heterocycles. The molecule has 0 radical (unpaired) electrons. The van der Waals surface area contributed by atoms with Gasteiger partial charge >= 0.3 is 226 Å². The summed E-state index contributed by atoms with van der Waals surface area (Å²) in [6.45, 7) is 0. The van der Waals surface area contributed by atoms with E-state index >= 15 is 0 Å². The van der Waals surface area contributed by atoms with Crippen LogP contribution in [0.5, 0.6) is 11.5 Å². The fourth-order valence-corrected chi connectivity index (χ4v) is 13.7. The molecule has 37 heavy (non-hydrogen) atoms. The van der Waals surface area contributed by atoms with Gasteiger partial charge in [-0.2, -0.15) is 0 Å². The van der Waals surface area contributed by atoms with Gasteiger partial charge in [-0.05, 0) is 0 Å². The molecule has 4 aromatic carbocycles. The third kappa shape index (κ3) is 5.10. The van der Waals surface area contributed by atoms with Gasteiger partial charge in [-0.15, -0.1) is 0 Å². The molecule has 0 saturated carbocycles. The van der Waals surface area contributed by atoms with Crippen molar-refractivity contribution in [2.75, 3.05) is 0 Å². The Kier molecular flexibility index (Phi) is 6.89. The van der Waals surface area contributed by atoms with E-state index in [1.54, 1.807) is 0 Å². The normalized spacial score (nSPS) is 14.9. The van der Waals surface area contributed by atoms with Gasteiger partial charge in [-0.25, -0.2) is 0 Å². The van der Waals surface area contributed by atoms with E-state index < -0.39 is 21.1 Å². The Morgan fingerprint density at radius 1 is 0.405 bits per heavy atom. The Balaban J connectivity index is 1.42. The Labute approximate surface area is 224 Å². The fourth-order valence-electron chi connectivity index (χ4n) is 5.02. The zero-order valence-corrected chi connectivity index (χ0v) is 22.9. The average Bonchev–Trinajstić information content (AvgIpc) is 3.70. The molecule has 2 nitrogen and oxygen atoms in total. The van der Waals surface area contributed by atoms with Gasteiger partial charge in [0.05, 0.1) is 0 Å². The minimum atomic E-state index is -4.03. The topological polar surface area (TPSA) is 18.5 Å². The van der Waals surface area contributed by atoms with Gasteiger partial charge < -0.3 is 0 Å². The van der Waals surface area contributed by atoms with Crippen LogP contribution in [-0.2, 0) is 21.1 Å². The summed E-state index contributed by atoms with van der Waals surface area (Å²) in [6, 6.07) is 37.7. The Morgan fingerprint density at radius 3 is 1.19 bits per heavy atom. The van der Waals surface area contributed by atoms with Crippen molar-refractivity contribution in [3.8, 4) is 33.8 Å². The van der Waals surface area contributed by atoms with Crippen LogP contribution in [-0.4, -0.2) is 0 Å². The second kappa shape index (κ2) is 10.7. The molecule has 0 saturated heterocycles. The summed E-state index contributed by atoms with van der Waals surface area (Å²) in [5, 5.41) is 0. The van der Waals surface area contributed by atoms with Gasteiger partial charge in [0, 0.05) is 0 Å². The van der Waals surface area contributed by atoms with Gasteiger partial charge in [0.2, 0.25) is 0 Å². The maximum atomic E-state index is 7.16. The van der Waals surface area contributed by atoms with Crippen LogP contribution in [0.3, 0.4) is 0 Å². The van der Waals surface area contributed by atoms with Gasteiger partial charge in [-0.1, -0.05) is 0 Å². The van der Waals surface area contributed by atoms with Crippen molar-refractivity contribution in [2.45, 2.75) is 7.25 Å². The van der Waals surface area contributed by atoms with E-state index in [2.05, 4.69) is 146 Å². The first-order valence-electron chi connectivity index (χ1n) is 12.7. The van der Waals surface area contributed by atoms with Gasteiger partial charge in [0.15, 0.2) is 0 Å². The predicted octanol–water partition coefficient (Wildman–Crippen LogP) is 9.29. The van der Waals surface area contributed by atoms with E-state index in [4.69, 9.17) is 5.63 Å². The first kappa shape index (κ1) is 23.7. The second-order valence-electron chi connectivity index (χ2n) is 9.30. The summed E-state index contributed by atoms with van der Waals surface area (Å²) >= 11 is -4.03. The monoisotopic (exact) mass is 558 g/mol. The summed E-state index contributed by atoms with van der Waals surface area (Å²) < 4.78 is 14.6. The zero-order valence-electron chi connectivity index (χ0n) is 20.5. The van der Waals surface area contributed by atoms with E-state index in [9.17, 15) is 0 Å². The van der Waals surface area contributed by atoms with E-state index in [1.165, 1.54) is 11.1 Å². The number of hydrogen-bond acceptors (Lipinski definition) is 2. The number of hydrogen-bond donors (Lipinski definition) is 0. The van der Waals surface area contributed by atoms with Crippen LogP contribution in [0.4, 0.5) is 0 Å². The second-order valence-corrected chi connectivity index (χ2v) is 17.1. The van der Waals surface area contributed by atoms with Crippen LogP contribution < -0.4 is 5.63 Å². The number of allylic oxidation sites excluding steroid dienone is 8. The van der Waals surface area contributed by atoms with Crippen LogP contribution in [0.2, 0.25) is 7.25 Å². The molecule has 0 fully saturated rings. The van der Waals surface area contributed by atoms with Crippen molar-refractivity contribution in [2.24, 2.45) is 0 Å². The molecular formula is C34H28O2Zr. The molecule has 180 valence electrons. The van der Waals surface area contributed by atoms with Crippen LogP contribution in [0, 0.1) is 0 Å². The molecule has 4 aromatic rings. The Morgan fingerprint density at radius 2 is 0.784 bits per heavy atom. The summed E-state index contributed by atoms with van der Waals surface area (Å²) in [5.41, 5.74) is 4.62. The van der Waals surface area contributed by atoms with Crippen molar-refractivity contribution < 1.29 is 26.8 Å². The molecule has 3 heteroatoms. The number of benzene rings is 4. The maximum absolute atomic E-state index is 7.16. The SMILES string of the molecule is C1=C[CH]([Zr]([O]c2cccc(-c3ccccc3)c2)([O]c2cccc(-c3ccccc3)c2)[CH]2C=CC=C2)C=C1. The van der Waals surface area contributed by atoms with Crippen LogP contribution >= 0.6 is 0 Å². The molecule has 0 aromatic heterocycles. The first-order chi connectivity index (χ1) is 18.3. The molecular weight excluding hydrogens is 532 g/mol. The molecule has 0 N–H and O–H groups in total. The Hall–Kier alpha value is -3.68. The predicted molar refractivity (Wildman–Crippen MR) is 149 cm³/mol. The van der Waals surface area contributed by atoms with Crippen LogP contribution in [0.15, 0.2) is 158 Å². The van der Waals surface area contributed by atoms with Crippen molar-refractivity contribution in [1.29, 1.82) is 0 Å². The fraction of sp³-hybridized carbons (Fsp3) is 0.0588.